The van der Waals surface area contributed by atoms with Crippen molar-refractivity contribution in [2.45, 2.75) is 19.4 Å². The molecule has 1 N–H and O–H groups in total. The molecule has 1 amide bonds. The van der Waals surface area contributed by atoms with Crippen LogP contribution in [0.25, 0.3) is 0 Å². The van der Waals surface area contributed by atoms with Crippen LogP contribution in [0.3, 0.4) is 0 Å². The molecule has 2 atom stereocenters. The molecule has 0 spiro atoms. The summed E-state index contributed by atoms with van der Waals surface area (Å²) >= 11 is 0. The molecule has 5 nitrogen and oxygen atoms in total. The smallest absolute Gasteiger partial charge is 0.272 e. The Labute approximate surface area is 116 Å². The maximum atomic E-state index is 11.8. The van der Waals surface area contributed by atoms with Crippen molar-refractivity contribution in [2.75, 3.05) is 31.4 Å². The first-order valence-corrected chi connectivity index (χ1v) is 7.87. The number of nitrogens with one attached hydrogen (secondary N) is 1. The van der Waals surface area contributed by atoms with Gasteiger partial charge in [0.25, 0.3) is 5.91 Å². The number of anilines is 1. The highest BCUT2D eigenvalue weighted by molar-refractivity contribution is 7.84. The van der Waals surface area contributed by atoms with Crippen molar-refractivity contribution < 1.29 is 9.00 Å². The lowest BCUT2D eigenvalue weighted by atomic mass is 10.2. The summed E-state index contributed by atoms with van der Waals surface area (Å²) in [6.45, 7) is 2.03. The van der Waals surface area contributed by atoms with Crippen molar-refractivity contribution in [1.82, 2.24) is 9.88 Å². The van der Waals surface area contributed by atoms with Crippen molar-refractivity contribution in [2.24, 2.45) is 0 Å². The monoisotopic (exact) mass is 283 g/mol. The van der Waals surface area contributed by atoms with Crippen LogP contribution in [0.1, 0.15) is 23.8 Å². The fourth-order valence-corrected chi connectivity index (χ4v) is 2.25. The van der Waals surface area contributed by atoms with Gasteiger partial charge in [0.1, 0.15) is 5.69 Å². The minimum atomic E-state index is -0.775. The molecule has 1 aromatic heterocycles. The zero-order valence-electron chi connectivity index (χ0n) is 11.8. The van der Waals surface area contributed by atoms with E-state index in [0.29, 0.717) is 11.4 Å². The molecule has 0 saturated carbocycles. The van der Waals surface area contributed by atoms with Crippen LogP contribution in [0.4, 0.5) is 5.69 Å². The first-order chi connectivity index (χ1) is 8.90. The summed E-state index contributed by atoms with van der Waals surface area (Å²) in [5.41, 5.74) is 1.27. The van der Waals surface area contributed by atoms with E-state index in [1.165, 1.54) is 4.90 Å². The zero-order chi connectivity index (χ0) is 14.4. The van der Waals surface area contributed by atoms with E-state index in [0.717, 1.165) is 12.1 Å². The fourth-order valence-electron chi connectivity index (χ4n) is 1.57. The van der Waals surface area contributed by atoms with Gasteiger partial charge in [0.15, 0.2) is 0 Å². The lowest BCUT2D eigenvalue weighted by Crippen LogP contribution is -2.23. The topological polar surface area (TPSA) is 62.3 Å². The minimum Gasteiger partial charge on any atom is -0.382 e. The van der Waals surface area contributed by atoms with Gasteiger partial charge < -0.3 is 10.2 Å². The Hall–Kier alpha value is -1.43. The van der Waals surface area contributed by atoms with Crippen LogP contribution >= 0.6 is 0 Å². The van der Waals surface area contributed by atoms with Gasteiger partial charge in [-0.1, -0.05) is 0 Å². The molecule has 0 aliphatic rings. The summed E-state index contributed by atoms with van der Waals surface area (Å²) in [5, 5.41) is 3.29. The number of hydrogen-bond donors (Lipinski definition) is 1. The standard InChI is InChI=1S/C13H21N3O2S/c1-10(6-8-19(4)18)15-11-5-7-14-12(9-11)13(17)16(2)3/h5,7,9-10H,6,8H2,1-4H3,(H,14,15). The van der Waals surface area contributed by atoms with E-state index in [4.69, 9.17) is 0 Å². The van der Waals surface area contributed by atoms with Gasteiger partial charge in [-0.05, 0) is 25.5 Å². The van der Waals surface area contributed by atoms with Gasteiger partial charge in [-0.25, -0.2) is 0 Å². The quantitative estimate of drug-likeness (QED) is 0.856. The van der Waals surface area contributed by atoms with Crippen LogP contribution in [-0.4, -0.2) is 52.1 Å². The Morgan fingerprint density at radius 1 is 1.53 bits per heavy atom. The molecule has 106 valence electrons. The second-order valence-electron chi connectivity index (χ2n) is 4.74. The van der Waals surface area contributed by atoms with Crippen LogP contribution < -0.4 is 5.32 Å². The lowest BCUT2D eigenvalue weighted by molar-refractivity contribution is 0.0822. The van der Waals surface area contributed by atoms with Gasteiger partial charge in [0.2, 0.25) is 0 Å². The number of nitrogens with zero attached hydrogens (tertiary/aromatic N) is 2. The molecule has 19 heavy (non-hydrogen) atoms. The maximum Gasteiger partial charge on any atom is 0.272 e. The fraction of sp³-hybridized carbons (Fsp3) is 0.538. The average molecular weight is 283 g/mol. The molecular weight excluding hydrogens is 262 g/mol. The maximum absolute atomic E-state index is 11.8. The molecule has 0 fully saturated rings. The van der Waals surface area contributed by atoms with Crippen LogP contribution in [0.15, 0.2) is 18.3 Å². The third-order valence-corrected chi connectivity index (χ3v) is 3.45. The Morgan fingerprint density at radius 3 is 2.79 bits per heavy atom. The lowest BCUT2D eigenvalue weighted by Gasteiger charge is -2.15. The summed E-state index contributed by atoms with van der Waals surface area (Å²) in [6, 6.07) is 3.77. The molecule has 6 heteroatoms. The number of rotatable bonds is 6. The molecule has 0 radical (unpaired) electrons. The molecule has 1 heterocycles. The summed E-state index contributed by atoms with van der Waals surface area (Å²) in [4.78, 5) is 17.4. The van der Waals surface area contributed by atoms with Crippen molar-refractivity contribution in [3.05, 3.63) is 24.0 Å². The molecule has 0 aromatic carbocycles. The van der Waals surface area contributed by atoms with Gasteiger partial charge in [-0.3, -0.25) is 14.0 Å². The number of hydrogen-bond acceptors (Lipinski definition) is 4. The van der Waals surface area contributed by atoms with E-state index in [1.54, 1.807) is 32.6 Å². The van der Waals surface area contributed by atoms with Crippen LogP contribution in [0.2, 0.25) is 0 Å². The molecule has 1 rings (SSSR count). The largest absolute Gasteiger partial charge is 0.382 e. The first kappa shape index (κ1) is 15.6. The number of amides is 1. The molecule has 1 aromatic rings. The van der Waals surface area contributed by atoms with Crippen molar-refractivity contribution in [3.8, 4) is 0 Å². The third-order valence-electron chi connectivity index (χ3n) is 2.64. The molecule has 0 saturated heterocycles. The van der Waals surface area contributed by atoms with Crippen molar-refractivity contribution in [3.63, 3.8) is 0 Å². The molecule has 0 bridgehead atoms. The highest BCUT2D eigenvalue weighted by atomic mass is 32.2. The number of carbonyl (C=O) groups is 1. The van der Waals surface area contributed by atoms with Gasteiger partial charge in [-0.2, -0.15) is 0 Å². The number of carbonyl (C=O) groups excluding carboxylic acids is 1. The minimum absolute atomic E-state index is 0.119. The van der Waals surface area contributed by atoms with Crippen molar-refractivity contribution in [1.29, 1.82) is 0 Å². The summed E-state index contributed by atoms with van der Waals surface area (Å²) < 4.78 is 11.0. The summed E-state index contributed by atoms with van der Waals surface area (Å²) in [6.07, 6.45) is 4.14. The van der Waals surface area contributed by atoms with E-state index in [2.05, 4.69) is 10.3 Å². The first-order valence-electron chi connectivity index (χ1n) is 6.14. The van der Waals surface area contributed by atoms with E-state index in [1.807, 2.05) is 13.0 Å². The van der Waals surface area contributed by atoms with E-state index >= 15 is 0 Å². The SMILES string of the molecule is CC(CCS(C)=O)Nc1ccnc(C(=O)N(C)C)c1. The molecule has 0 aliphatic heterocycles. The Bertz CT molecular complexity index is 463. The molecular formula is C13H21N3O2S. The summed E-state index contributed by atoms with van der Waals surface area (Å²) in [5.74, 6) is 0.550. The van der Waals surface area contributed by atoms with Crippen LogP contribution in [0, 0.1) is 0 Å². The van der Waals surface area contributed by atoms with Crippen LogP contribution in [-0.2, 0) is 10.8 Å². The molecule has 0 aliphatic carbocycles. The highest BCUT2D eigenvalue weighted by Crippen LogP contribution is 2.12. The molecule has 2 unspecified atom stereocenters. The Balaban J connectivity index is 2.66. The van der Waals surface area contributed by atoms with Gasteiger partial charge in [0, 0.05) is 54.8 Å². The Kier molecular flexibility index (Phi) is 5.95. The third kappa shape index (κ3) is 5.38. The van der Waals surface area contributed by atoms with E-state index in [9.17, 15) is 9.00 Å². The Morgan fingerprint density at radius 2 is 2.21 bits per heavy atom. The second kappa shape index (κ2) is 7.23. The van der Waals surface area contributed by atoms with Crippen molar-refractivity contribution >= 4 is 22.4 Å². The average Bonchev–Trinajstić information content (AvgIpc) is 2.35. The van der Waals surface area contributed by atoms with E-state index < -0.39 is 10.8 Å². The van der Waals surface area contributed by atoms with Gasteiger partial charge in [-0.15, -0.1) is 0 Å². The van der Waals surface area contributed by atoms with Gasteiger partial charge in [0.05, 0.1) is 0 Å². The zero-order valence-corrected chi connectivity index (χ0v) is 12.7. The number of aromatic nitrogens is 1. The number of pyridine rings is 1. The second-order valence-corrected chi connectivity index (χ2v) is 6.30. The van der Waals surface area contributed by atoms with E-state index in [-0.39, 0.29) is 11.9 Å². The predicted molar refractivity (Wildman–Crippen MR) is 78.9 cm³/mol. The van der Waals surface area contributed by atoms with Gasteiger partial charge >= 0.3 is 0 Å². The van der Waals surface area contributed by atoms with Crippen LogP contribution in [0.5, 0.6) is 0 Å². The highest BCUT2D eigenvalue weighted by Gasteiger charge is 2.11. The normalized spacial score (nSPS) is 13.7. The predicted octanol–water partition coefficient (Wildman–Crippen LogP) is 1.35. The summed E-state index contributed by atoms with van der Waals surface area (Å²) in [7, 11) is 2.62.